The first-order valence-electron chi connectivity index (χ1n) is 3.18. The number of rotatable bonds is 1. The van der Waals surface area contributed by atoms with Crippen LogP contribution in [0.4, 0.5) is 0 Å². The van der Waals surface area contributed by atoms with E-state index in [-0.39, 0.29) is 5.91 Å². The third kappa shape index (κ3) is 2.19. The van der Waals surface area contributed by atoms with Gasteiger partial charge in [-0.1, -0.05) is 27.5 Å². The molecular weight excluding hydrogens is 243 g/mol. The Kier molecular flexibility index (Phi) is 3.05. The molecule has 0 radical (unpaired) electrons. The minimum Gasteiger partial charge on any atom is -0.354 e. The molecule has 1 aromatic heterocycles. The summed E-state index contributed by atoms with van der Waals surface area (Å²) in [6, 6.07) is 3.22. The molecule has 12 heavy (non-hydrogen) atoms. The lowest BCUT2D eigenvalue weighted by Gasteiger charge is -1.99. The predicted molar refractivity (Wildman–Crippen MR) is 50.3 cm³/mol. The van der Waals surface area contributed by atoms with E-state index in [2.05, 4.69) is 26.2 Å². The van der Waals surface area contributed by atoms with Crippen LogP contribution in [0.15, 0.2) is 16.6 Å². The maximum Gasteiger partial charge on any atom is 0.269 e. The number of hydrogen-bond donors (Lipinski definition) is 1. The molecule has 1 amide bonds. The van der Waals surface area contributed by atoms with E-state index in [0.717, 1.165) is 4.47 Å². The monoisotopic (exact) mass is 248 g/mol. The number of carbonyl (C=O) groups is 1. The Balaban J connectivity index is 3.08. The molecule has 0 spiro atoms. The van der Waals surface area contributed by atoms with Gasteiger partial charge in [0.2, 0.25) is 0 Å². The molecule has 0 atom stereocenters. The molecule has 0 saturated carbocycles. The molecule has 0 aliphatic heterocycles. The van der Waals surface area contributed by atoms with Crippen LogP contribution in [-0.4, -0.2) is 17.9 Å². The normalized spacial score (nSPS) is 9.58. The van der Waals surface area contributed by atoms with Gasteiger partial charge in [0, 0.05) is 11.5 Å². The van der Waals surface area contributed by atoms with E-state index in [1.165, 1.54) is 0 Å². The number of nitrogens with one attached hydrogen (secondary N) is 1. The summed E-state index contributed by atoms with van der Waals surface area (Å²) in [4.78, 5) is 14.9. The molecule has 1 N–H and O–H groups in total. The molecular formula is C7H6BrClN2O. The third-order valence-corrected chi connectivity index (χ3v) is 1.87. The Morgan fingerprint density at radius 1 is 1.67 bits per heavy atom. The van der Waals surface area contributed by atoms with Crippen molar-refractivity contribution in [3.63, 3.8) is 0 Å². The first-order valence-corrected chi connectivity index (χ1v) is 4.35. The van der Waals surface area contributed by atoms with Crippen LogP contribution >= 0.6 is 27.5 Å². The molecule has 64 valence electrons. The maximum atomic E-state index is 11.1. The van der Waals surface area contributed by atoms with Crippen molar-refractivity contribution < 1.29 is 4.79 Å². The Morgan fingerprint density at radius 3 is 2.83 bits per heavy atom. The van der Waals surface area contributed by atoms with E-state index >= 15 is 0 Å². The van der Waals surface area contributed by atoms with Crippen molar-refractivity contribution in [2.24, 2.45) is 0 Å². The summed E-state index contributed by atoms with van der Waals surface area (Å²) in [6.45, 7) is 0. The molecule has 0 aromatic carbocycles. The van der Waals surface area contributed by atoms with E-state index in [1.807, 2.05) is 0 Å². The molecule has 0 aliphatic carbocycles. The van der Waals surface area contributed by atoms with Gasteiger partial charge in [-0.2, -0.15) is 0 Å². The first kappa shape index (κ1) is 9.48. The van der Waals surface area contributed by atoms with Crippen LogP contribution in [0.3, 0.4) is 0 Å². The van der Waals surface area contributed by atoms with Crippen molar-refractivity contribution in [2.45, 2.75) is 0 Å². The minimum absolute atomic E-state index is 0.252. The van der Waals surface area contributed by atoms with Crippen LogP contribution in [-0.2, 0) is 0 Å². The zero-order valence-corrected chi connectivity index (χ0v) is 8.61. The van der Waals surface area contributed by atoms with Crippen molar-refractivity contribution >= 4 is 33.4 Å². The van der Waals surface area contributed by atoms with Gasteiger partial charge in [0.05, 0.1) is 0 Å². The Labute approximate surface area is 83.3 Å². The van der Waals surface area contributed by atoms with Gasteiger partial charge in [-0.15, -0.1) is 0 Å². The van der Waals surface area contributed by atoms with Crippen LogP contribution < -0.4 is 5.32 Å². The second-order valence-corrected chi connectivity index (χ2v) is 3.38. The fourth-order valence-corrected chi connectivity index (χ4v) is 1.48. The number of hydrogen-bond acceptors (Lipinski definition) is 2. The van der Waals surface area contributed by atoms with E-state index in [1.54, 1.807) is 19.2 Å². The lowest BCUT2D eigenvalue weighted by Crippen LogP contribution is -2.19. The van der Waals surface area contributed by atoms with Crippen LogP contribution in [0, 0.1) is 0 Å². The smallest absolute Gasteiger partial charge is 0.269 e. The zero-order valence-electron chi connectivity index (χ0n) is 6.27. The number of amides is 1. The SMILES string of the molecule is CNC(=O)c1cc(Br)cc(Cl)n1. The average Bonchev–Trinajstić information content (AvgIpc) is 2.01. The topological polar surface area (TPSA) is 42.0 Å². The number of carbonyl (C=O) groups excluding carboxylic acids is 1. The summed E-state index contributed by atoms with van der Waals surface area (Å²) in [5.41, 5.74) is 0.303. The average molecular weight is 249 g/mol. The lowest BCUT2D eigenvalue weighted by atomic mass is 10.3. The van der Waals surface area contributed by atoms with Crippen molar-refractivity contribution in [3.8, 4) is 0 Å². The quantitative estimate of drug-likeness (QED) is 0.772. The van der Waals surface area contributed by atoms with Crippen molar-refractivity contribution in [1.29, 1.82) is 0 Å². The van der Waals surface area contributed by atoms with Crippen LogP contribution in [0.25, 0.3) is 0 Å². The highest BCUT2D eigenvalue weighted by Gasteiger charge is 2.06. The summed E-state index contributed by atoms with van der Waals surface area (Å²) in [5, 5.41) is 2.75. The molecule has 3 nitrogen and oxygen atoms in total. The highest BCUT2D eigenvalue weighted by molar-refractivity contribution is 9.10. The van der Waals surface area contributed by atoms with Gasteiger partial charge in [0.1, 0.15) is 10.8 Å². The van der Waals surface area contributed by atoms with E-state index < -0.39 is 0 Å². The number of halogens is 2. The number of nitrogens with zero attached hydrogens (tertiary/aromatic N) is 1. The fourth-order valence-electron chi connectivity index (χ4n) is 0.710. The van der Waals surface area contributed by atoms with Gasteiger partial charge in [-0.25, -0.2) is 4.98 Å². The molecule has 0 aliphatic rings. The summed E-state index contributed by atoms with van der Waals surface area (Å²) >= 11 is 8.84. The molecule has 1 heterocycles. The minimum atomic E-state index is -0.252. The van der Waals surface area contributed by atoms with Crippen molar-refractivity contribution in [1.82, 2.24) is 10.3 Å². The Bertz CT molecular complexity index is 296. The van der Waals surface area contributed by atoms with Gasteiger partial charge in [-0.05, 0) is 12.1 Å². The third-order valence-electron chi connectivity index (χ3n) is 1.22. The Hall–Kier alpha value is -0.610. The predicted octanol–water partition coefficient (Wildman–Crippen LogP) is 1.86. The van der Waals surface area contributed by atoms with E-state index in [4.69, 9.17) is 11.6 Å². The summed E-state index contributed by atoms with van der Waals surface area (Å²) in [7, 11) is 1.54. The Morgan fingerprint density at radius 2 is 2.33 bits per heavy atom. The largest absolute Gasteiger partial charge is 0.354 e. The zero-order chi connectivity index (χ0) is 9.14. The highest BCUT2D eigenvalue weighted by atomic mass is 79.9. The molecule has 0 unspecified atom stereocenters. The lowest BCUT2D eigenvalue weighted by molar-refractivity contribution is 0.0958. The first-order chi connectivity index (χ1) is 5.63. The fraction of sp³-hybridized carbons (Fsp3) is 0.143. The summed E-state index contributed by atoms with van der Waals surface area (Å²) in [6.07, 6.45) is 0. The van der Waals surface area contributed by atoms with Gasteiger partial charge in [0.15, 0.2) is 0 Å². The van der Waals surface area contributed by atoms with E-state index in [0.29, 0.717) is 10.8 Å². The molecule has 0 saturated heterocycles. The molecule has 0 fully saturated rings. The second kappa shape index (κ2) is 3.87. The van der Waals surface area contributed by atoms with Gasteiger partial charge in [0.25, 0.3) is 5.91 Å². The van der Waals surface area contributed by atoms with Crippen LogP contribution in [0.1, 0.15) is 10.5 Å². The van der Waals surface area contributed by atoms with Crippen molar-refractivity contribution in [2.75, 3.05) is 7.05 Å². The number of aromatic nitrogens is 1. The summed E-state index contributed by atoms with van der Waals surface area (Å²) < 4.78 is 0.737. The van der Waals surface area contributed by atoms with Gasteiger partial charge < -0.3 is 5.32 Å². The van der Waals surface area contributed by atoms with E-state index in [9.17, 15) is 4.79 Å². The standard InChI is InChI=1S/C7H6BrClN2O/c1-10-7(12)5-2-4(8)3-6(9)11-5/h2-3H,1H3,(H,10,12). The van der Waals surface area contributed by atoms with Gasteiger partial charge in [-0.3, -0.25) is 4.79 Å². The summed E-state index contributed by atoms with van der Waals surface area (Å²) in [5.74, 6) is -0.252. The van der Waals surface area contributed by atoms with Crippen molar-refractivity contribution in [3.05, 3.63) is 27.5 Å². The van der Waals surface area contributed by atoms with Crippen LogP contribution in [0.5, 0.6) is 0 Å². The molecule has 1 rings (SSSR count). The molecule has 0 bridgehead atoms. The second-order valence-electron chi connectivity index (χ2n) is 2.07. The highest BCUT2D eigenvalue weighted by Crippen LogP contribution is 2.15. The number of pyridine rings is 1. The molecule has 1 aromatic rings. The van der Waals surface area contributed by atoms with Crippen LogP contribution in [0.2, 0.25) is 5.15 Å². The maximum absolute atomic E-state index is 11.1. The van der Waals surface area contributed by atoms with Gasteiger partial charge >= 0.3 is 0 Å². The molecule has 5 heteroatoms.